The molecule has 1 aliphatic heterocycles. The van der Waals surface area contributed by atoms with E-state index < -0.39 is 5.41 Å². The van der Waals surface area contributed by atoms with Crippen LogP contribution in [0.5, 0.6) is 0 Å². The van der Waals surface area contributed by atoms with Crippen molar-refractivity contribution < 1.29 is 13.9 Å². The van der Waals surface area contributed by atoms with Gasteiger partial charge in [0.1, 0.15) is 5.82 Å². The molecule has 160 valence electrons. The van der Waals surface area contributed by atoms with Crippen LogP contribution in [0.2, 0.25) is 0 Å². The highest BCUT2D eigenvalue weighted by Crippen LogP contribution is 2.35. The summed E-state index contributed by atoms with van der Waals surface area (Å²) in [4.78, 5) is 17.5. The monoisotopic (exact) mass is 418 g/mol. The van der Waals surface area contributed by atoms with Crippen LogP contribution >= 0.6 is 0 Å². The maximum atomic E-state index is 13.3. The first-order valence-corrected chi connectivity index (χ1v) is 10.7. The molecule has 31 heavy (non-hydrogen) atoms. The summed E-state index contributed by atoms with van der Waals surface area (Å²) in [5.41, 5.74) is 3.83. The number of halogens is 1. The number of carbonyl (C=O) groups excluding carboxylic acids is 1. The fourth-order valence-corrected chi connectivity index (χ4v) is 4.19. The molecule has 1 N–H and O–H groups in total. The Labute approximate surface area is 182 Å². The number of nitrogens with one attached hydrogen (secondary N) is 1. The minimum absolute atomic E-state index is 0.0738. The van der Waals surface area contributed by atoms with Gasteiger partial charge in [0.05, 0.1) is 5.41 Å². The van der Waals surface area contributed by atoms with E-state index in [1.807, 2.05) is 24.4 Å². The second kappa shape index (κ2) is 9.84. The average Bonchev–Trinajstić information content (AvgIpc) is 2.82. The smallest absolute Gasteiger partial charge is 0.226 e. The molecule has 4 nitrogen and oxygen atoms in total. The van der Waals surface area contributed by atoms with Crippen LogP contribution in [-0.4, -0.2) is 30.6 Å². The minimum Gasteiger partial charge on any atom is -0.381 e. The predicted octanol–water partition coefficient (Wildman–Crippen LogP) is 4.59. The fourth-order valence-electron chi connectivity index (χ4n) is 4.19. The maximum Gasteiger partial charge on any atom is 0.226 e. The molecule has 1 aliphatic rings. The molecule has 1 fully saturated rings. The molecule has 0 spiro atoms. The Hall–Kier alpha value is -3.05. The van der Waals surface area contributed by atoms with E-state index in [4.69, 9.17) is 4.74 Å². The van der Waals surface area contributed by atoms with Crippen LogP contribution in [-0.2, 0) is 22.4 Å². The van der Waals surface area contributed by atoms with Gasteiger partial charge in [-0.15, -0.1) is 0 Å². The highest BCUT2D eigenvalue weighted by atomic mass is 19.1. The first-order valence-electron chi connectivity index (χ1n) is 10.7. The van der Waals surface area contributed by atoms with Crippen molar-refractivity contribution in [1.82, 2.24) is 10.3 Å². The summed E-state index contributed by atoms with van der Waals surface area (Å²) in [7, 11) is 0. The molecule has 1 amide bonds. The molecule has 1 aromatic heterocycles. The second-order valence-electron chi connectivity index (χ2n) is 8.14. The third-order valence-electron chi connectivity index (χ3n) is 6.01. The van der Waals surface area contributed by atoms with E-state index in [2.05, 4.69) is 28.5 Å². The predicted molar refractivity (Wildman–Crippen MR) is 119 cm³/mol. The number of carbonyl (C=O) groups is 1. The van der Waals surface area contributed by atoms with Crippen molar-refractivity contribution in [1.29, 1.82) is 0 Å². The molecule has 0 unspecified atom stereocenters. The zero-order valence-electron chi connectivity index (χ0n) is 17.5. The number of benzene rings is 2. The Morgan fingerprint density at radius 1 is 1.00 bits per heavy atom. The van der Waals surface area contributed by atoms with E-state index >= 15 is 0 Å². The number of aromatic nitrogens is 1. The standard InChI is InChI=1S/C26H27FN2O2/c27-24-8-6-20(7-9-24)10-14-29-25(30)26(11-15-31-16-12-26)18-21-3-1-4-22(17-21)23-5-2-13-28-19-23/h1-9,13,17,19H,10-12,14-16,18H2,(H,29,30). The topological polar surface area (TPSA) is 51.2 Å². The lowest BCUT2D eigenvalue weighted by molar-refractivity contribution is -0.136. The molecule has 2 aromatic carbocycles. The highest BCUT2D eigenvalue weighted by molar-refractivity contribution is 5.83. The van der Waals surface area contributed by atoms with E-state index in [9.17, 15) is 9.18 Å². The molecule has 1 saturated heterocycles. The molecule has 0 radical (unpaired) electrons. The van der Waals surface area contributed by atoms with Crippen LogP contribution in [0.15, 0.2) is 73.1 Å². The molecule has 0 aliphatic carbocycles. The van der Waals surface area contributed by atoms with Gasteiger partial charge < -0.3 is 10.1 Å². The number of rotatable bonds is 7. The Morgan fingerprint density at radius 3 is 2.52 bits per heavy atom. The zero-order chi connectivity index (χ0) is 21.5. The van der Waals surface area contributed by atoms with Crippen LogP contribution in [0.3, 0.4) is 0 Å². The van der Waals surface area contributed by atoms with E-state index in [0.717, 1.165) is 22.3 Å². The molecule has 0 atom stereocenters. The molecule has 5 heteroatoms. The van der Waals surface area contributed by atoms with Crippen molar-refractivity contribution in [2.75, 3.05) is 19.8 Å². The maximum absolute atomic E-state index is 13.3. The quantitative estimate of drug-likeness (QED) is 0.611. The Bertz CT molecular complexity index is 999. The van der Waals surface area contributed by atoms with Gasteiger partial charge in [0.2, 0.25) is 5.91 Å². The van der Waals surface area contributed by atoms with Crippen LogP contribution in [0, 0.1) is 11.2 Å². The van der Waals surface area contributed by atoms with Crippen LogP contribution < -0.4 is 5.32 Å². The highest BCUT2D eigenvalue weighted by Gasteiger charge is 2.39. The van der Waals surface area contributed by atoms with Crippen molar-refractivity contribution in [2.45, 2.75) is 25.7 Å². The van der Waals surface area contributed by atoms with Gasteiger partial charge in [-0.3, -0.25) is 9.78 Å². The Kier molecular flexibility index (Phi) is 6.73. The summed E-state index contributed by atoms with van der Waals surface area (Å²) in [6, 6.07) is 18.7. The van der Waals surface area contributed by atoms with Gasteiger partial charge in [-0.1, -0.05) is 42.5 Å². The molecule has 3 aromatic rings. The lowest BCUT2D eigenvalue weighted by Crippen LogP contribution is -2.46. The van der Waals surface area contributed by atoms with Crippen molar-refractivity contribution in [3.63, 3.8) is 0 Å². The molecule has 4 rings (SSSR count). The van der Waals surface area contributed by atoms with Gasteiger partial charge in [0.15, 0.2) is 0 Å². The van der Waals surface area contributed by atoms with Crippen LogP contribution in [0.25, 0.3) is 11.1 Å². The first-order chi connectivity index (χ1) is 15.1. The number of ether oxygens (including phenoxy) is 1. The summed E-state index contributed by atoms with van der Waals surface area (Å²) in [5, 5.41) is 3.12. The second-order valence-corrected chi connectivity index (χ2v) is 8.14. The Morgan fingerprint density at radius 2 is 1.77 bits per heavy atom. The summed E-state index contributed by atoms with van der Waals surface area (Å²) in [6.45, 7) is 1.71. The number of hydrogen-bond acceptors (Lipinski definition) is 3. The fraction of sp³-hybridized carbons (Fsp3) is 0.308. The van der Waals surface area contributed by atoms with Gasteiger partial charge in [0, 0.05) is 32.2 Å². The molecule has 0 saturated carbocycles. The number of hydrogen-bond donors (Lipinski definition) is 1. The van der Waals surface area contributed by atoms with Gasteiger partial charge in [-0.05, 0) is 66.1 Å². The molecule has 2 heterocycles. The van der Waals surface area contributed by atoms with Crippen molar-refractivity contribution in [3.8, 4) is 11.1 Å². The third kappa shape index (κ3) is 5.36. The van der Waals surface area contributed by atoms with E-state index in [1.165, 1.54) is 12.1 Å². The van der Waals surface area contributed by atoms with E-state index in [0.29, 0.717) is 45.4 Å². The lowest BCUT2D eigenvalue weighted by Gasteiger charge is -2.36. The van der Waals surface area contributed by atoms with Crippen molar-refractivity contribution >= 4 is 5.91 Å². The normalized spacial score (nSPS) is 15.4. The Balaban J connectivity index is 1.46. The molecule has 0 bridgehead atoms. The number of nitrogens with zero attached hydrogens (tertiary/aromatic N) is 1. The van der Waals surface area contributed by atoms with E-state index in [1.54, 1.807) is 18.3 Å². The summed E-state index contributed by atoms with van der Waals surface area (Å²) in [6.07, 6.45) is 6.37. The van der Waals surface area contributed by atoms with Gasteiger partial charge in [0.25, 0.3) is 0 Å². The zero-order valence-corrected chi connectivity index (χ0v) is 17.5. The van der Waals surface area contributed by atoms with Crippen LogP contribution in [0.4, 0.5) is 4.39 Å². The minimum atomic E-state index is -0.478. The van der Waals surface area contributed by atoms with Gasteiger partial charge >= 0.3 is 0 Å². The first kappa shape index (κ1) is 21.2. The van der Waals surface area contributed by atoms with Crippen molar-refractivity contribution in [2.24, 2.45) is 5.41 Å². The molecular formula is C26H27FN2O2. The van der Waals surface area contributed by atoms with Crippen molar-refractivity contribution in [3.05, 3.63) is 90.0 Å². The lowest BCUT2D eigenvalue weighted by atomic mass is 9.74. The molecular weight excluding hydrogens is 391 g/mol. The largest absolute Gasteiger partial charge is 0.381 e. The van der Waals surface area contributed by atoms with Gasteiger partial charge in [-0.25, -0.2) is 4.39 Å². The average molecular weight is 419 g/mol. The van der Waals surface area contributed by atoms with Crippen LogP contribution in [0.1, 0.15) is 24.0 Å². The number of pyridine rings is 1. The summed E-state index contributed by atoms with van der Waals surface area (Å²) < 4.78 is 18.7. The third-order valence-corrected chi connectivity index (χ3v) is 6.01. The van der Waals surface area contributed by atoms with Gasteiger partial charge in [-0.2, -0.15) is 0 Å². The SMILES string of the molecule is O=C(NCCc1ccc(F)cc1)C1(Cc2cccc(-c3cccnc3)c2)CCOCC1. The summed E-state index contributed by atoms with van der Waals surface area (Å²) >= 11 is 0. The summed E-state index contributed by atoms with van der Waals surface area (Å²) in [5.74, 6) is -0.174. The van der Waals surface area contributed by atoms with E-state index in [-0.39, 0.29) is 11.7 Å². The number of amides is 1.